The summed E-state index contributed by atoms with van der Waals surface area (Å²) in [6.45, 7) is 3.63. The third-order valence-electron chi connectivity index (χ3n) is 2.42. The van der Waals surface area contributed by atoms with Gasteiger partial charge < -0.3 is 10.3 Å². The van der Waals surface area contributed by atoms with E-state index in [0.717, 1.165) is 9.92 Å². The van der Waals surface area contributed by atoms with E-state index in [1.807, 2.05) is 24.3 Å². The molecule has 19 heavy (non-hydrogen) atoms. The highest BCUT2D eigenvalue weighted by Crippen LogP contribution is 2.28. The summed E-state index contributed by atoms with van der Waals surface area (Å²) < 4.78 is 5.12. The van der Waals surface area contributed by atoms with Crippen molar-refractivity contribution in [3.8, 4) is 0 Å². The van der Waals surface area contributed by atoms with E-state index in [0.29, 0.717) is 23.9 Å². The fourth-order valence-electron chi connectivity index (χ4n) is 1.46. The van der Waals surface area contributed by atoms with E-state index in [9.17, 15) is 0 Å². The van der Waals surface area contributed by atoms with Gasteiger partial charge in [-0.15, -0.1) is 18.3 Å². The van der Waals surface area contributed by atoms with E-state index < -0.39 is 0 Å². The fraction of sp³-hybridized carbons (Fsp3) is 0.231. The van der Waals surface area contributed by atoms with Gasteiger partial charge in [-0.3, -0.25) is 0 Å². The Kier molecular flexibility index (Phi) is 5.01. The van der Waals surface area contributed by atoms with Crippen molar-refractivity contribution in [1.82, 2.24) is 10.1 Å². The predicted octanol–water partition coefficient (Wildman–Crippen LogP) is 3.59. The number of rotatable bonds is 6. The van der Waals surface area contributed by atoms with E-state index in [2.05, 4.69) is 16.7 Å². The fourth-order valence-corrected chi connectivity index (χ4v) is 2.54. The van der Waals surface area contributed by atoms with Crippen molar-refractivity contribution in [3.05, 3.63) is 53.7 Å². The molecule has 0 saturated carbocycles. The Morgan fingerprint density at radius 2 is 2.26 bits per heavy atom. The second-order valence-electron chi connectivity index (χ2n) is 3.90. The minimum Gasteiger partial charge on any atom is -0.338 e. The highest BCUT2D eigenvalue weighted by Gasteiger charge is 2.13. The predicted molar refractivity (Wildman–Crippen MR) is 77.1 cm³/mol. The number of benzene rings is 1. The number of aromatic nitrogens is 2. The van der Waals surface area contributed by atoms with Crippen LogP contribution in [0.4, 0.5) is 0 Å². The smallest absolute Gasteiger partial charge is 0.243 e. The van der Waals surface area contributed by atoms with Gasteiger partial charge in [-0.2, -0.15) is 4.98 Å². The maximum atomic E-state index is 6.07. The molecule has 0 bridgehead atoms. The zero-order valence-corrected chi connectivity index (χ0v) is 11.8. The first kappa shape index (κ1) is 14.1. The first-order chi connectivity index (χ1) is 9.20. The van der Waals surface area contributed by atoms with Gasteiger partial charge in [0.1, 0.15) is 0 Å². The van der Waals surface area contributed by atoms with Crippen LogP contribution in [0.3, 0.4) is 0 Å². The molecule has 0 fully saturated rings. The average molecular weight is 296 g/mol. The van der Waals surface area contributed by atoms with E-state index in [1.165, 1.54) is 0 Å². The molecule has 6 heteroatoms. The van der Waals surface area contributed by atoms with Crippen molar-refractivity contribution >= 4 is 23.4 Å². The molecule has 0 aliphatic heterocycles. The number of thioether (sulfide) groups is 1. The Morgan fingerprint density at radius 3 is 3.00 bits per heavy atom. The summed E-state index contributed by atoms with van der Waals surface area (Å²) in [6, 6.07) is 7.36. The second kappa shape index (κ2) is 6.75. The monoisotopic (exact) mass is 295 g/mol. The van der Waals surface area contributed by atoms with Gasteiger partial charge >= 0.3 is 0 Å². The van der Waals surface area contributed by atoms with Gasteiger partial charge in [-0.1, -0.05) is 35.0 Å². The molecule has 0 amide bonds. The average Bonchev–Trinajstić information content (AvgIpc) is 2.87. The molecule has 0 spiro atoms. The lowest BCUT2D eigenvalue weighted by atomic mass is 10.2. The van der Waals surface area contributed by atoms with Crippen LogP contribution in [-0.4, -0.2) is 10.1 Å². The molecular formula is C13H14ClN3OS. The molecule has 1 atom stereocenters. The Bertz CT molecular complexity index is 558. The van der Waals surface area contributed by atoms with Crippen molar-refractivity contribution < 1.29 is 4.52 Å². The highest BCUT2D eigenvalue weighted by molar-refractivity contribution is 7.98. The molecule has 1 heterocycles. The van der Waals surface area contributed by atoms with E-state index in [1.54, 1.807) is 17.8 Å². The number of nitrogens with zero attached hydrogens (tertiary/aromatic N) is 2. The van der Waals surface area contributed by atoms with Crippen LogP contribution in [0.5, 0.6) is 0 Å². The summed E-state index contributed by atoms with van der Waals surface area (Å²) in [7, 11) is 0. The summed E-state index contributed by atoms with van der Waals surface area (Å²) >= 11 is 7.63. The Hall–Kier alpha value is -1.30. The molecule has 2 N–H and O–H groups in total. The third-order valence-corrected chi connectivity index (χ3v) is 3.93. The topological polar surface area (TPSA) is 64.9 Å². The van der Waals surface area contributed by atoms with E-state index >= 15 is 0 Å². The van der Waals surface area contributed by atoms with Crippen LogP contribution in [0.15, 0.2) is 46.3 Å². The Labute approximate surface area is 121 Å². The van der Waals surface area contributed by atoms with Gasteiger partial charge in [0, 0.05) is 4.90 Å². The molecule has 2 rings (SSSR count). The first-order valence-electron chi connectivity index (χ1n) is 5.77. The molecule has 100 valence electrons. The minimum absolute atomic E-state index is 0.288. The Balaban J connectivity index is 1.97. The Morgan fingerprint density at radius 1 is 1.47 bits per heavy atom. The zero-order chi connectivity index (χ0) is 13.7. The van der Waals surface area contributed by atoms with E-state index in [4.69, 9.17) is 21.9 Å². The van der Waals surface area contributed by atoms with Gasteiger partial charge in [0.05, 0.1) is 16.8 Å². The van der Waals surface area contributed by atoms with Crippen LogP contribution in [-0.2, 0) is 5.75 Å². The molecule has 0 radical (unpaired) electrons. The minimum atomic E-state index is -0.288. The lowest BCUT2D eigenvalue weighted by Crippen LogP contribution is -2.09. The molecule has 4 nitrogen and oxygen atoms in total. The van der Waals surface area contributed by atoms with Crippen molar-refractivity contribution in [2.45, 2.75) is 23.1 Å². The normalized spacial score (nSPS) is 12.3. The number of halogens is 1. The van der Waals surface area contributed by atoms with Crippen LogP contribution in [0.1, 0.15) is 24.2 Å². The van der Waals surface area contributed by atoms with Crippen molar-refractivity contribution in [3.63, 3.8) is 0 Å². The van der Waals surface area contributed by atoms with Crippen LogP contribution >= 0.6 is 23.4 Å². The molecule has 2 aromatic rings. The van der Waals surface area contributed by atoms with Crippen molar-refractivity contribution in [1.29, 1.82) is 0 Å². The third kappa shape index (κ3) is 3.83. The molecule has 0 aliphatic carbocycles. The molecule has 1 unspecified atom stereocenters. The highest BCUT2D eigenvalue weighted by atomic mass is 35.5. The SMILES string of the molecule is C=CCC(N)c1nc(CSc2ccccc2Cl)no1. The molecule has 0 aliphatic rings. The zero-order valence-electron chi connectivity index (χ0n) is 10.3. The maximum absolute atomic E-state index is 6.07. The molecule has 1 aromatic heterocycles. The van der Waals surface area contributed by atoms with Crippen LogP contribution < -0.4 is 5.73 Å². The van der Waals surface area contributed by atoms with Gasteiger partial charge in [-0.25, -0.2) is 0 Å². The summed E-state index contributed by atoms with van der Waals surface area (Å²) in [4.78, 5) is 5.25. The van der Waals surface area contributed by atoms with Gasteiger partial charge in [0.25, 0.3) is 0 Å². The van der Waals surface area contributed by atoms with Crippen LogP contribution in [0, 0.1) is 0 Å². The van der Waals surface area contributed by atoms with Gasteiger partial charge in [0.2, 0.25) is 5.89 Å². The van der Waals surface area contributed by atoms with Crippen LogP contribution in [0.2, 0.25) is 5.02 Å². The van der Waals surface area contributed by atoms with Crippen molar-refractivity contribution in [2.75, 3.05) is 0 Å². The second-order valence-corrected chi connectivity index (χ2v) is 5.32. The lowest BCUT2D eigenvalue weighted by Gasteiger charge is -2.01. The molecular weight excluding hydrogens is 282 g/mol. The lowest BCUT2D eigenvalue weighted by molar-refractivity contribution is 0.352. The van der Waals surface area contributed by atoms with Gasteiger partial charge in [0.15, 0.2) is 5.82 Å². The standard InChI is InChI=1S/C13H14ClN3OS/c1-2-5-10(15)13-16-12(17-18-13)8-19-11-7-4-3-6-9(11)14/h2-4,6-7,10H,1,5,8,15H2. The summed E-state index contributed by atoms with van der Waals surface area (Å²) in [6.07, 6.45) is 2.34. The number of hydrogen-bond acceptors (Lipinski definition) is 5. The summed E-state index contributed by atoms with van der Waals surface area (Å²) in [5.41, 5.74) is 5.85. The number of nitrogens with two attached hydrogens (primary N) is 1. The quantitative estimate of drug-likeness (QED) is 0.651. The maximum Gasteiger partial charge on any atom is 0.243 e. The van der Waals surface area contributed by atoms with Crippen LogP contribution in [0.25, 0.3) is 0 Å². The molecule has 1 aromatic carbocycles. The van der Waals surface area contributed by atoms with E-state index in [-0.39, 0.29) is 6.04 Å². The van der Waals surface area contributed by atoms with Gasteiger partial charge in [-0.05, 0) is 18.6 Å². The summed E-state index contributed by atoms with van der Waals surface area (Å²) in [5.74, 6) is 1.64. The number of hydrogen-bond donors (Lipinski definition) is 1. The summed E-state index contributed by atoms with van der Waals surface area (Å²) in [5, 5.41) is 4.62. The molecule has 0 saturated heterocycles. The largest absolute Gasteiger partial charge is 0.338 e. The van der Waals surface area contributed by atoms with Crippen molar-refractivity contribution in [2.24, 2.45) is 5.73 Å². The first-order valence-corrected chi connectivity index (χ1v) is 7.13.